The van der Waals surface area contributed by atoms with Crippen molar-refractivity contribution in [2.75, 3.05) is 7.11 Å². The zero-order valence-corrected chi connectivity index (χ0v) is 20.2. The van der Waals surface area contributed by atoms with Crippen molar-refractivity contribution < 1.29 is 14.3 Å². The van der Waals surface area contributed by atoms with Crippen LogP contribution in [0.15, 0.2) is 48.5 Å². The quantitative estimate of drug-likeness (QED) is 0.512. The number of hydrogen-bond donors (Lipinski definition) is 1. The molecule has 2 aromatic rings. The summed E-state index contributed by atoms with van der Waals surface area (Å²) < 4.78 is 5.34. The van der Waals surface area contributed by atoms with Gasteiger partial charge in [-0.25, -0.2) is 0 Å². The zero-order chi connectivity index (χ0) is 23.5. The van der Waals surface area contributed by atoms with Crippen LogP contribution in [-0.2, 0) is 29.0 Å². The fourth-order valence-electron chi connectivity index (χ4n) is 3.66. The van der Waals surface area contributed by atoms with E-state index in [0.717, 1.165) is 29.7 Å². The van der Waals surface area contributed by atoms with E-state index in [2.05, 4.69) is 36.5 Å². The Morgan fingerprint density at radius 2 is 1.66 bits per heavy atom. The third kappa shape index (κ3) is 7.40. The van der Waals surface area contributed by atoms with Crippen molar-refractivity contribution in [3.05, 3.63) is 65.2 Å². The summed E-state index contributed by atoms with van der Waals surface area (Å²) in [5.41, 5.74) is 3.36. The summed E-state index contributed by atoms with van der Waals surface area (Å²) in [7, 11) is 1.63. The number of nitrogens with zero attached hydrogens (tertiary/aromatic N) is 1. The van der Waals surface area contributed by atoms with Crippen molar-refractivity contribution in [3.63, 3.8) is 0 Å². The lowest BCUT2D eigenvalue weighted by Gasteiger charge is -2.31. The predicted molar refractivity (Wildman–Crippen MR) is 130 cm³/mol. The molecular formula is C27H38N2O3. The number of aryl methyl sites for hydroxylation is 2. The van der Waals surface area contributed by atoms with Crippen LogP contribution >= 0.6 is 0 Å². The maximum absolute atomic E-state index is 13.4. The highest BCUT2D eigenvalue weighted by atomic mass is 16.5. The van der Waals surface area contributed by atoms with Crippen LogP contribution in [0.2, 0.25) is 0 Å². The van der Waals surface area contributed by atoms with E-state index >= 15 is 0 Å². The molecule has 1 N–H and O–H groups in total. The molecule has 0 aliphatic carbocycles. The number of carbonyl (C=O) groups excluding carboxylic acids is 2. The molecule has 2 rings (SSSR count). The van der Waals surface area contributed by atoms with Crippen molar-refractivity contribution >= 4 is 11.8 Å². The van der Waals surface area contributed by atoms with E-state index in [-0.39, 0.29) is 17.9 Å². The lowest BCUT2D eigenvalue weighted by molar-refractivity contribution is -0.141. The van der Waals surface area contributed by atoms with Gasteiger partial charge in [0, 0.05) is 19.0 Å². The van der Waals surface area contributed by atoms with Crippen LogP contribution in [-0.4, -0.2) is 35.9 Å². The number of carbonyl (C=O) groups is 2. The van der Waals surface area contributed by atoms with Crippen LogP contribution in [0.25, 0.3) is 0 Å². The topological polar surface area (TPSA) is 58.6 Å². The van der Waals surface area contributed by atoms with Gasteiger partial charge in [0.2, 0.25) is 11.8 Å². The van der Waals surface area contributed by atoms with E-state index in [4.69, 9.17) is 4.74 Å². The standard InChI is InChI=1S/C27H38N2O3/c1-6-20(4)28-27(31)25(8-3)29(19-23-10-9-11-24(18-23)32-5)26(30)17-16-22-14-12-21(7-2)13-15-22/h9-15,18,20,25H,6-8,16-17,19H2,1-5H3,(H,28,31)/t20-,25-/m0/s1. The predicted octanol–water partition coefficient (Wildman–Crippen LogP) is 4.91. The Balaban J connectivity index is 2.21. The molecule has 0 unspecified atom stereocenters. The molecule has 0 saturated heterocycles. The number of methoxy groups -OCH3 is 1. The highest BCUT2D eigenvalue weighted by Gasteiger charge is 2.29. The molecular weight excluding hydrogens is 400 g/mol. The van der Waals surface area contributed by atoms with Gasteiger partial charge in [-0.2, -0.15) is 0 Å². The van der Waals surface area contributed by atoms with Gasteiger partial charge in [0.25, 0.3) is 0 Å². The van der Waals surface area contributed by atoms with Crippen LogP contribution < -0.4 is 10.1 Å². The molecule has 0 fully saturated rings. The van der Waals surface area contributed by atoms with E-state index in [1.165, 1.54) is 5.56 Å². The molecule has 5 nitrogen and oxygen atoms in total. The Kier molecular flexibility index (Phi) is 10.3. The fraction of sp³-hybridized carbons (Fsp3) is 0.481. The molecule has 0 aliphatic rings. The van der Waals surface area contributed by atoms with Gasteiger partial charge in [-0.15, -0.1) is 0 Å². The van der Waals surface area contributed by atoms with E-state index < -0.39 is 6.04 Å². The second kappa shape index (κ2) is 12.9. The zero-order valence-electron chi connectivity index (χ0n) is 20.2. The van der Waals surface area contributed by atoms with Crippen molar-refractivity contribution in [3.8, 4) is 5.75 Å². The summed E-state index contributed by atoms with van der Waals surface area (Å²) in [6, 6.07) is 15.6. The van der Waals surface area contributed by atoms with Gasteiger partial charge < -0.3 is 15.0 Å². The van der Waals surface area contributed by atoms with E-state index in [1.807, 2.05) is 45.0 Å². The number of hydrogen-bond acceptors (Lipinski definition) is 3. The minimum Gasteiger partial charge on any atom is -0.497 e. The highest BCUT2D eigenvalue weighted by Crippen LogP contribution is 2.19. The number of nitrogens with one attached hydrogen (secondary N) is 1. The second-order valence-electron chi connectivity index (χ2n) is 8.29. The first kappa shape index (κ1) is 25.4. The Morgan fingerprint density at radius 3 is 2.25 bits per heavy atom. The molecule has 0 spiro atoms. The van der Waals surface area contributed by atoms with Crippen molar-refractivity contribution in [2.24, 2.45) is 0 Å². The minimum atomic E-state index is -0.509. The number of ether oxygens (including phenoxy) is 1. The number of benzene rings is 2. The first-order valence-electron chi connectivity index (χ1n) is 11.7. The Morgan fingerprint density at radius 1 is 0.969 bits per heavy atom. The first-order chi connectivity index (χ1) is 15.4. The summed E-state index contributed by atoms with van der Waals surface area (Å²) in [5.74, 6) is 0.631. The monoisotopic (exact) mass is 438 g/mol. The molecule has 0 radical (unpaired) electrons. The Hall–Kier alpha value is -2.82. The first-order valence-corrected chi connectivity index (χ1v) is 11.7. The summed E-state index contributed by atoms with van der Waals surface area (Å²) in [6.07, 6.45) is 3.42. The molecule has 0 aliphatic heterocycles. The molecule has 0 heterocycles. The maximum atomic E-state index is 13.4. The Labute approximate surface area is 193 Å². The molecule has 174 valence electrons. The summed E-state index contributed by atoms with van der Waals surface area (Å²) in [5, 5.41) is 3.05. The Bertz CT molecular complexity index is 863. The third-order valence-corrected chi connectivity index (χ3v) is 5.93. The molecule has 0 bridgehead atoms. The summed E-state index contributed by atoms with van der Waals surface area (Å²) >= 11 is 0. The van der Waals surface area contributed by atoms with Crippen LogP contribution in [0.4, 0.5) is 0 Å². The second-order valence-corrected chi connectivity index (χ2v) is 8.29. The lowest BCUT2D eigenvalue weighted by atomic mass is 10.0. The van der Waals surface area contributed by atoms with Crippen LogP contribution in [0.1, 0.15) is 63.6 Å². The van der Waals surface area contributed by atoms with Crippen LogP contribution in [0, 0.1) is 0 Å². The summed E-state index contributed by atoms with van der Waals surface area (Å²) in [4.78, 5) is 28.1. The van der Waals surface area contributed by atoms with Gasteiger partial charge in [0.1, 0.15) is 11.8 Å². The van der Waals surface area contributed by atoms with Gasteiger partial charge in [0.15, 0.2) is 0 Å². The van der Waals surface area contributed by atoms with E-state index in [0.29, 0.717) is 25.8 Å². The molecule has 2 atom stereocenters. The van der Waals surface area contributed by atoms with Gasteiger partial charge in [0.05, 0.1) is 7.11 Å². The van der Waals surface area contributed by atoms with Crippen molar-refractivity contribution in [1.29, 1.82) is 0 Å². The van der Waals surface area contributed by atoms with Gasteiger partial charge in [-0.1, -0.05) is 57.2 Å². The molecule has 2 amide bonds. The minimum absolute atomic E-state index is 0.0152. The van der Waals surface area contributed by atoms with E-state index in [1.54, 1.807) is 12.0 Å². The molecule has 5 heteroatoms. The van der Waals surface area contributed by atoms with Gasteiger partial charge in [-0.05, 0) is 61.4 Å². The highest BCUT2D eigenvalue weighted by molar-refractivity contribution is 5.88. The van der Waals surface area contributed by atoms with Crippen LogP contribution in [0.3, 0.4) is 0 Å². The molecule has 32 heavy (non-hydrogen) atoms. The van der Waals surface area contributed by atoms with Gasteiger partial charge in [-0.3, -0.25) is 9.59 Å². The number of rotatable bonds is 12. The maximum Gasteiger partial charge on any atom is 0.243 e. The van der Waals surface area contributed by atoms with Crippen molar-refractivity contribution in [2.45, 2.75) is 78.4 Å². The normalized spacial score (nSPS) is 12.7. The van der Waals surface area contributed by atoms with Crippen LogP contribution in [0.5, 0.6) is 5.75 Å². The molecule has 0 aromatic heterocycles. The lowest BCUT2D eigenvalue weighted by Crippen LogP contribution is -2.50. The average molecular weight is 439 g/mol. The molecule has 0 saturated carbocycles. The number of amides is 2. The largest absolute Gasteiger partial charge is 0.497 e. The smallest absolute Gasteiger partial charge is 0.243 e. The third-order valence-electron chi connectivity index (χ3n) is 5.93. The molecule has 2 aromatic carbocycles. The average Bonchev–Trinajstić information content (AvgIpc) is 2.82. The SMILES string of the molecule is CCc1ccc(CCC(=O)N(Cc2cccc(OC)c2)[C@@H](CC)C(=O)N[C@@H](C)CC)cc1. The van der Waals surface area contributed by atoms with Crippen molar-refractivity contribution in [1.82, 2.24) is 10.2 Å². The van der Waals surface area contributed by atoms with E-state index in [9.17, 15) is 9.59 Å². The summed E-state index contributed by atoms with van der Waals surface area (Å²) in [6.45, 7) is 8.48. The fourth-order valence-corrected chi connectivity index (χ4v) is 3.66. The van der Waals surface area contributed by atoms with Gasteiger partial charge >= 0.3 is 0 Å².